The van der Waals surface area contributed by atoms with Crippen LogP contribution in [0.4, 0.5) is 0 Å². The van der Waals surface area contributed by atoms with E-state index in [9.17, 15) is 5.11 Å². The highest BCUT2D eigenvalue weighted by molar-refractivity contribution is 5.14. The molecule has 2 atom stereocenters. The van der Waals surface area contributed by atoms with Crippen LogP contribution in [0.3, 0.4) is 0 Å². The van der Waals surface area contributed by atoms with Gasteiger partial charge in [0.2, 0.25) is 0 Å². The first kappa shape index (κ1) is 9.71. The molecule has 1 fully saturated rings. The molecule has 0 amide bonds. The van der Waals surface area contributed by atoms with E-state index in [4.69, 9.17) is 9.15 Å². The van der Waals surface area contributed by atoms with Gasteiger partial charge in [0.05, 0.1) is 38.2 Å². The Bertz CT molecular complexity index is 297. The molecule has 1 aromatic heterocycles. The molecule has 0 aromatic carbocycles. The van der Waals surface area contributed by atoms with E-state index in [-0.39, 0.29) is 6.04 Å². The van der Waals surface area contributed by atoms with Crippen molar-refractivity contribution in [1.82, 2.24) is 5.32 Å². The van der Waals surface area contributed by atoms with E-state index in [1.54, 1.807) is 6.26 Å². The minimum atomic E-state index is -0.398. The summed E-state index contributed by atoms with van der Waals surface area (Å²) in [5.74, 6) is 0.920. The minimum absolute atomic E-state index is 0.0273. The molecule has 2 heterocycles. The van der Waals surface area contributed by atoms with Crippen LogP contribution in [0.5, 0.6) is 0 Å². The van der Waals surface area contributed by atoms with Gasteiger partial charge in [-0.2, -0.15) is 0 Å². The third kappa shape index (κ3) is 1.97. The Morgan fingerprint density at radius 1 is 1.57 bits per heavy atom. The first-order valence-electron chi connectivity index (χ1n) is 4.79. The maximum Gasteiger partial charge on any atom is 0.120 e. The number of rotatable bonds is 3. The number of aliphatic hydroxyl groups is 1. The summed E-state index contributed by atoms with van der Waals surface area (Å²) in [5, 5.41) is 12.7. The Labute approximate surface area is 82.9 Å². The molecular weight excluding hydrogens is 182 g/mol. The lowest BCUT2D eigenvalue weighted by atomic mass is 10.2. The molecule has 1 aliphatic heterocycles. The summed E-state index contributed by atoms with van der Waals surface area (Å²) < 4.78 is 10.4. The first-order chi connectivity index (χ1) is 6.77. The molecule has 0 saturated carbocycles. The molecule has 2 rings (SSSR count). The van der Waals surface area contributed by atoms with E-state index in [0.29, 0.717) is 19.8 Å². The predicted octanol–water partition coefficient (Wildman–Crippen LogP) is 0.437. The zero-order chi connectivity index (χ0) is 9.97. The van der Waals surface area contributed by atoms with E-state index < -0.39 is 6.10 Å². The number of nitrogens with one attached hydrogen (secondary N) is 1. The van der Waals surface area contributed by atoms with Crippen LogP contribution in [0, 0.1) is 6.92 Å². The highest BCUT2D eigenvalue weighted by Crippen LogP contribution is 2.10. The molecule has 4 heteroatoms. The average Bonchev–Trinajstić information content (AvgIpc) is 2.72. The zero-order valence-electron chi connectivity index (χ0n) is 8.19. The quantitative estimate of drug-likeness (QED) is 0.738. The second-order valence-electron chi connectivity index (χ2n) is 3.62. The van der Waals surface area contributed by atoms with E-state index in [1.165, 1.54) is 0 Å². The van der Waals surface area contributed by atoms with Crippen LogP contribution in [0.2, 0.25) is 0 Å². The molecule has 1 aliphatic rings. The van der Waals surface area contributed by atoms with Crippen molar-refractivity contribution >= 4 is 0 Å². The highest BCUT2D eigenvalue weighted by atomic mass is 16.5. The van der Waals surface area contributed by atoms with Crippen LogP contribution in [-0.2, 0) is 11.3 Å². The maximum absolute atomic E-state index is 9.47. The third-order valence-corrected chi connectivity index (χ3v) is 2.54. The molecule has 78 valence electrons. The van der Waals surface area contributed by atoms with Gasteiger partial charge in [0.15, 0.2) is 0 Å². The molecule has 1 saturated heterocycles. The summed E-state index contributed by atoms with van der Waals surface area (Å²) in [5.41, 5.74) is 1.13. The van der Waals surface area contributed by atoms with Crippen LogP contribution in [-0.4, -0.2) is 30.5 Å². The van der Waals surface area contributed by atoms with Crippen molar-refractivity contribution in [2.24, 2.45) is 0 Å². The molecule has 0 bridgehead atoms. The summed E-state index contributed by atoms with van der Waals surface area (Å²) >= 11 is 0. The molecule has 14 heavy (non-hydrogen) atoms. The van der Waals surface area contributed by atoms with Crippen molar-refractivity contribution in [2.75, 3.05) is 13.2 Å². The summed E-state index contributed by atoms with van der Waals surface area (Å²) in [7, 11) is 0. The van der Waals surface area contributed by atoms with Crippen LogP contribution >= 0.6 is 0 Å². The lowest BCUT2D eigenvalue weighted by Crippen LogP contribution is -2.38. The van der Waals surface area contributed by atoms with Crippen molar-refractivity contribution < 1.29 is 14.3 Å². The molecule has 2 N–H and O–H groups in total. The van der Waals surface area contributed by atoms with Gasteiger partial charge >= 0.3 is 0 Å². The van der Waals surface area contributed by atoms with Gasteiger partial charge in [-0.1, -0.05) is 0 Å². The Morgan fingerprint density at radius 2 is 2.43 bits per heavy atom. The monoisotopic (exact) mass is 197 g/mol. The van der Waals surface area contributed by atoms with Crippen LogP contribution in [0.25, 0.3) is 0 Å². The maximum atomic E-state index is 9.47. The Balaban J connectivity index is 1.85. The van der Waals surface area contributed by atoms with E-state index in [0.717, 1.165) is 11.3 Å². The Kier molecular flexibility index (Phi) is 2.86. The van der Waals surface area contributed by atoms with E-state index in [2.05, 4.69) is 5.32 Å². The minimum Gasteiger partial charge on any atom is -0.468 e. The average molecular weight is 197 g/mol. The number of hydrogen-bond acceptors (Lipinski definition) is 4. The number of furan rings is 1. The van der Waals surface area contributed by atoms with Gasteiger partial charge in [-0.3, -0.25) is 0 Å². The standard InChI is InChI=1S/C10H15NO3/c1-7-2-3-14-10(7)4-11-8-5-13-6-9(8)12/h2-3,8-9,11-12H,4-6H2,1H3. The SMILES string of the molecule is Cc1ccoc1CNC1COCC1O. The van der Waals surface area contributed by atoms with Gasteiger partial charge in [-0.25, -0.2) is 0 Å². The first-order valence-corrected chi connectivity index (χ1v) is 4.79. The molecule has 0 aliphatic carbocycles. The lowest BCUT2D eigenvalue weighted by Gasteiger charge is -2.13. The van der Waals surface area contributed by atoms with Crippen molar-refractivity contribution in [3.8, 4) is 0 Å². The van der Waals surface area contributed by atoms with Gasteiger partial charge in [-0.15, -0.1) is 0 Å². The molecular formula is C10H15NO3. The number of aliphatic hydroxyl groups excluding tert-OH is 1. The Hall–Kier alpha value is -0.840. The van der Waals surface area contributed by atoms with E-state index in [1.807, 2.05) is 13.0 Å². The van der Waals surface area contributed by atoms with Crippen molar-refractivity contribution in [3.63, 3.8) is 0 Å². The van der Waals surface area contributed by atoms with Gasteiger partial charge in [-0.05, 0) is 18.6 Å². The summed E-state index contributed by atoms with van der Waals surface area (Å²) in [6, 6.07) is 1.96. The number of aryl methyl sites for hydroxylation is 1. The van der Waals surface area contributed by atoms with Gasteiger partial charge in [0, 0.05) is 0 Å². The summed E-state index contributed by atoms with van der Waals surface area (Å²) in [4.78, 5) is 0. The number of hydrogen-bond donors (Lipinski definition) is 2. The van der Waals surface area contributed by atoms with Gasteiger partial charge in [0.1, 0.15) is 5.76 Å². The molecule has 2 unspecified atom stereocenters. The third-order valence-electron chi connectivity index (χ3n) is 2.54. The zero-order valence-corrected chi connectivity index (χ0v) is 8.19. The van der Waals surface area contributed by atoms with Crippen LogP contribution in [0.1, 0.15) is 11.3 Å². The normalized spacial score (nSPS) is 27.0. The van der Waals surface area contributed by atoms with Crippen molar-refractivity contribution in [2.45, 2.75) is 25.6 Å². The summed E-state index contributed by atoms with van der Waals surface area (Å²) in [6.45, 7) is 3.64. The molecule has 4 nitrogen and oxygen atoms in total. The number of ether oxygens (including phenoxy) is 1. The fourth-order valence-electron chi connectivity index (χ4n) is 1.55. The van der Waals surface area contributed by atoms with Crippen molar-refractivity contribution in [1.29, 1.82) is 0 Å². The van der Waals surface area contributed by atoms with Gasteiger partial charge in [0.25, 0.3) is 0 Å². The van der Waals surface area contributed by atoms with Gasteiger partial charge < -0.3 is 19.6 Å². The van der Waals surface area contributed by atoms with Crippen LogP contribution in [0.15, 0.2) is 16.7 Å². The largest absolute Gasteiger partial charge is 0.468 e. The second-order valence-corrected chi connectivity index (χ2v) is 3.62. The smallest absolute Gasteiger partial charge is 0.120 e. The fraction of sp³-hybridized carbons (Fsp3) is 0.600. The highest BCUT2D eigenvalue weighted by Gasteiger charge is 2.25. The topological polar surface area (TPSA) is 54.6 Å². The fourth-order valence-corrected chi connectivity index (χ4v) is 1.55. The Morgan fingerprint density at radius 3 is 3.00 bits per heavy atom. The molecule has 1 aromatic rings. The van der Waals surface area contributed by atoms with E-state index >= 15 is 0 Å². The summed E-state index contributed by atoms with van der Waals surface area (Å²) in [6.07, 6.45) is 1.28. The molecule has 0 spiro atoms. The van der Waals surface area contributed by atoms with Crippen LogP contribution < -0.4 is 5.32 Å². The molecule has 0 radical (unpaired) electrons. The van der Waals surface area contributed by atoms with Crippen molar-refractivity contribution in [3.05, 3.63) is 23.7 Å². The second kappa shape index (κ2) is 4.13. The lowest BCUT2D eigenvalue weighted by molar-refractivity contribution is 0.122. The predicted molar refractivity (Wildman–Crippen MR) is 50.9 cm³/mol.